The van der Waals surface area contributed by atoms with Crippen molar-refractivity contribution in [3.8, 4) is 6.07 Å². The molecule has 0 atom stereocenters. The van der Waals surface area contributed by atoms with Crippen LogP contribution in [0.4, 0.5) is 0 Å². The van der Waals surface area contributed by atoms with Crippen molar-refractivity contribution in [2.45, 2.75) is 11.8 Å². The molecule has 0 saturated heterocycles. The number of aromatic carboxylic acids is 1. The van der Waals surface area contributed by atoms with Gasteiger partial charge >= 0.3 is 5.97 Å². The molecule has 0 bridgehead atoms. The Kier molecular flexibility index (Phi) is 3.32. The maximum absolute atomic E-state index is 12.2. The number of aromatic nitrogens is 1. The Morgan fingerprint density at radius 2 is 2.21 bits per heavy atom. The van der Waals surface area contributed by atoms with Gasteiger partial charge in [0.2, 0.25) is 0 Å². The van der Waals surface area contributed by atoms with Gasteiger partial charge in [-0.25, -0.2) is 4.79 Å². The van der Waals surface area contributed by atoms with E-state index in [1.807, 2.05) is 6.92 Å². The van der Waals surface area contributed by atoms with Crippen molar-refractivity contribution in [1.29, 1.82) is 5.26 Å². The van der Waals surface area contributed by atoms with Crippen molar-refractivity contribution in [1.82, 2.24) is 4.40 Å². The van der Waals surface area contributed by atoms with Gasteiger partial charge in [0.25, 0.3) is 5.56 Å². The monoisotopic (exact) mass is 274 g/mol. The van der Waals surface area contributed by atoms with Gasteiger partial charge in [-0.1, -0.05) is 0 Å². The van der Waals surface area contributed by atoms with Crippen molar-refractivity contribution in [3.05, 3.63) is 45.4 Å². The molecule has 0 spiro atoms. The smallest absolute Gasteiger partial charge is 0.339 e. The number of fused-ring (bicyclic) bond motifs is 1. The van der Waals surface area contributed by atoms with Gasteiger partial charge in [-0.2, -0.15) is 5.26 Å². The van der Waals surface area contributed by atoms with Crippen LogP contribution in [0.3, 0.4) is 0 Å². The van der Waals surface area contributed by atoms with Gasteiger partial charge in [-0.3, -0.25) is 9.20 Å². The van der Waals surface area contributed by atoms with Gasteiger partial charge in [-0.05, 0) is 30.9 Å². The molecule has 96 valence electrons. The fourth-order valence-electron chi connectivity index (χ4n) is 1.94. The maximum atomic E-state index is 12.2. The molecule has 0 aliphatic heterocycles. The van der Waals surface area contributed by atoms with Crippen LogP contribution in [0, 0.1) is 18.3 Å². The quantitative estimate of drug-likeness (QED) is 0.846. The summed E-state index contributed by atoms with van der Waals surface area (Å²) in [6.07, 6.45) is 3.14. The van der Waals surface area contributed by atoms with Crippen LogP contribution in [0.1, 0.15) is 21.5 Å². The molecule has 0 amide bonds. The summed E-state index contributed by atoms with van der Waals surface area (Å²) in [7, 11) is 0. The lowest BCUT2D eigenvalue weighted by atomic mass is 10.1. The van der Waals surface area contributed by atoms with Crippen molar-refractivity contribution in [2.75, 3.05) is 6.26 Å². The summed E-state index contributed by atoms with van der Waals surface area (Å²) in [4.78, 5) is 23.8. The normalized spacial score (nSPS) is 10.4. The summed E-state index contributed by atoms with van der Waals surface area (Å²) in [5.74, 6) is -1.15. The largest absolute Gasteiger partial charge is 0.478 e. The Morgan fingerprint density at radius 1 is 1.53 bits per heavy atom. The van der Waals surface area contributed by atoms with Gasteiger partial charge in [-0.15, -0.1) is 11.8 Å². The standard InChI is InChI=1S/C13H10N2O3S/c1-7-3-4-15-9(5-7)10(13(17)18)11(19-2)8(6-14)12(15)16/h3-5H,1-2H3,(H,17,18). The lowest BCUT2D eigenvalue weighted by molar-refractivity contribution is 0.0694. The topological polar surface area (TPSA) is 82.6 Å². The fourth-order valence-corrected chi connectivity index (χ4v) is 2.68. The molecule has 19 heavy (non-hydrogen) atoms. The van der Waals surface area contributed by atoms with E-state index >= 15 is 0 Å². The Labute approximate surface area is 113 Å². The van der Waals surface area contributed by atoms with Crippen LogP contribution in [-0.4, -0.2) is 21.7 Å². The molecule has 5 nitrogen and oxygen atoms in total. The van der Waals surface area contributed by atoms with Crippen molar-refractivity contribution in [2.24, 2.45) is 0 Å². The summed E-state index contributed by atoms with van der Waals surface area (Å²) in [5.41, 5.74) is 0.518. The summed E-state index contributed by atoms with van der Waals surface area (Å²) < 4.78 is 1.20. The second-order valence-corrected chi connectivity index (χ2v) is 4.78. The van der Waals surface area contributed by atoms with Gasteiger partial charge in [0.15, 0.2) is 0 Å². The summed E-state index contributed by atoms with van der Waals surface area (Å²) >= 11 is 1.09. The Morgan fingerprint density at radius 3 is 2.74 bits per heavy atom. The number of aryl methyl sites for hydroxylation is 1. The van der Waals surface area contributed by atoms with Gasteiger partial charge in [0.05, 0.1) is 11.1 Å². The highest BCUT2D eigenvalue weighted by Gasteiger charge is 2.21. The zero-order valence-corrected chi connectivity index (χ0v) is 11.1. The minimum atomic E-state index is -1.15. The number of rotatable bonds is 2. The molecule has 0 radical (unpaired) electrons. The van der Waals surface area contributed by atoms with Crippen LogP contribution in [0.2, 0.25) is 0 Å². The van der Waals surface area contributed by atoms with Gasteiger partial charge in [0.1, 0.15) is 11.6 Å². The zero-order chi connectivity index (χ0) is 14.2. The highest BCUT2D eigenvalue weighted by molar-refractivity contribution is 7.98. The lowest BCUT2D eigenvalue weighted by Crippen LogP contribution is -2.21. The molecular formula is C13H10N2O3S. The average molecular weight is 274 g/mol. The number of nitriles is 1. The van der Waals surface area contributed by atoms with E-state index in [-0.39, 0.29) is 16.0 Å². The van der Waals surface area contributed by atoms with Crippen molar-refractivity contribution in [3.63, 3.8) is 0 Å². The number of carboxylic acids is 1. The average Bonchev–Trinajstić information content (AvgIpc) is 2.37. The van der Waals surface area contributed by atoms with Crippen LogP contribution in [0.5, 0.6) is 0 Å². The molecular weight excluding hydrogens is 264 g/mol. The number of nitrogens with zero attached hydrogens (tertiary/aromatic N) is 2. The highest BCUT2D eigenvalue weighted by atomic mass is 32.2. The second-order valence-electron chi connectivity index (χ2n) is 3.96. The minimum Gasteiger partial charge on any atom is -0.478 e. The number of thioether (sulfide) groups is 1. The first-order valence-electron chi connectivity index (χ1n) is 5.37. The SMILES string of the molecule is CSc1c(C#N)c(=O)n2ccc(C)cc2c1C(=O)O. The number of pyridine rings is 2. The number of carboxylic acid groups (broad SMARTS) is 1. The molecule has 0 fully saturated rings. The first-order chi connectivity index (χ1) is 9.01. The molecule has 2 heterocycles. The third-order valence-corrected chi connectivity index (χ3v) is 3.60. The minimum absolute atomic E-state index is 0.00708. The molecule has 0 aliphatic carbocycles. The van der Waals surface area contributed by atoms with Crippen LogP contribution in [0.25, 0.3) is 5.52 Å². The van der Waals surface area contributed by atoms with Crippen LogP contribution >= 0.6 is 11.8 Å². The molecule has 1 N–H and O–H groups in total. The zero-order valence-electron chi connectivity index (χ0n) is 10.3. The predicted octanol–water partition coefficient (Wildman–Crippen LogP) is 1.90. The molecule has 0 unspecified atom stereocenters. The Hall–Kier alpha value is -2.26. The molecule has 0 aromatic carbocycles. The number of hydrogen-bond donors (Lipinski definition) is 1. The van der Waals surface area contributed by atoms with E-state index in [1.54, 1.807) is 24.5 Å². The van der Waals surface area contributed by atoms with Crippen LogP contribution < -0.4 is 5.56 Å². The van der Waals surface area contributed by atoms with E-state index in [2.05, 4.69) is 0 Å². The van der Waals surface area contributed by atoms with E-state index in [0.29, 0.717) is 5.52 Å². The molecule has 0 saturated carbocycles. The first-order valence-corrected chi connectivity index (χ1v) is 6.60. The first kappa shape index (κ1) is 13.2. The fraction of sp³-hybridized carbons (Fsp3) is 0.154. The summed E-state index contributed by atoms with van der Waals surface area (Å²) in [6.45, 7) is 1.81. The number of hydrogen-bond acceptors (Lipinski definition) is 4. The van der Waals surface area contributed by atoms with E-state index < -0.39 is 11.5 Å². The van der Waals surface area contributed by atoms with Crippen LogP contribution in [-0.2, 0) is 0 Å². The van der Waals surface area contributed by atoms with E-state index in [9.17, 15) is 14.7 Å². The van der Waals surface area contributed by atoms with Crippen molar-refractivity contribution < 1.29 is 9.90 Å². The van der Waals surface area contributed by atoms with E-state index in [4.69, 9.17) is 5.26 Å². The third-order valence-electron chi connectivity index (χ3n) is 2.78. The van der Waals surface area contributed by atoms with Crippen LogP contribution in [0.15, 0.2) is 28.0 Å². The van der Waals surface area contributed by atoms with Gasteiger partial charge in [0, 0.05) is 11.1 Å². The predicted molar refractivity (Wildman–Crippen MR) is 71.9 cm³/mol. The summed E-state index contributed by atoms with van der Waals surface area (Å²) in [6, 6.07) is 5.12. The molecule has 2 aromatic rings. The Balaban J connectivity index is 3.14. The summed E-state index contributed by atoms with van der Waals surface area (Å²) in [5, 5.41) is 18.4. The van der Waals surface area contributed by atoms with E-state index in [1.165, 1.54) is 10.6 Å². The lowest BCUT2D eigenvalue weighted by Gasteiger charge is -2.11. The van der Waals surface area contributed by atoms with Gasteiger partial charge < -0.3 is 5.11 Å². The van der Waals surface area contributed by atoms with Crippen molar-refractivity contribution >= 4 is 23.2 Å². The molecule has 6 heteroatoms. The molecule has 2 aromatic heterocycles. The highest BCUT2D eigenvalue weighted by Crippen LogP contribution is 2.26. The number of carbonyl (C=O) groups is 1. The maximum Gasteiger partial charge on any atom is 0.339 e. The molecule has 2 rings (SSSR count). The third kappa shape index (κ3) is 1.98. The molecule has 0 aliphatic rings. The Bertz CT molecular complexity index is 787. The second kappa shape index (κ2) is 4.78. The van der Waals surface area contributed by atoms with E-state index in [0.717, 1.165) is 17.3 Å².